The molecule has 0 saturated carbocycles. The van der Waals surface area contributed by atoms with Crippen molar-refractivity contribution in [1.82, 2.24) is 0 Å². The fourth-order valence-corrected chi connectivity index (χ4v) is 1.85. The molecule has 120 valence electrons. The molecule has 0 unspecified atom stereocenters. The molecule has 0 spiro atoms. The molecule has 1 aromatic heterocycles. The molecule has 0 aliphatic heterocycles. The van der Waals surface area contributed by atoms with Crippen LogP contribution in [0.5, 0.6) is 0 Å². The molecule has 0 amide bonds. The summed E-state index contributed by atoms with van der Waals surface area (Å²) in [7, 11) is 0. The van der Waals surface area contributed by atoms with Crippen molar-refractivity contribution in [3.63, 3.8) is 0 Å². The molecule has 2 rings (SSSR count). The highest BCUT2D eigenvalue weighted by atomic mass is 16.6. The first-order chi connectivity index (χ1) is 11.5. The minimum absolute atomic E-state index is 0.00502. The van der Waals surface area contributed by atoms with Crippen LogP contribution in [0.2, 0.25) is 0 Å². The number of furan rings is 1. The van der Waals surface area contributed by atoms with E-state index in [1.54, 1.807) is 30.3 Å². The van der Waals surface area contributed by atoms with E-state index in [0.717, 1.165) is 0 Å². The Kier molecular flexibility index (Phi) is 5.26. The molecular weight excluding hydrogens is 312 g/mol. The van der Waals surface area contributed by atoms with Crippen LogP contribution < -0.4 is 0 Å². The SMILES string of the molecule is C=CCOC(=O)/C(C#N)=C/c1ccc(-c2cccc([N+](=O)[O-])c2)o1. The molecule has 7 heteroatoms. The highest BCUT2D eigenvalue weighted by Crippen LogP contribution is 2.26. The zero-order valence-corrected chi connectivity index (χ0v) is 12.5. The van der Waals surface area contributed by atoms with Crippen molar-refractivity contribution < 1.29 is 18.9 Å². The molecule has 0 atom stereocenters. The van der Waals surface area contributed by atoms with Gasteiger partial charge in [-0.15, -0.1) is 0 Å². The summed E-state index contributed by atoms with van der Waals surface area (Å²) in [4.78, 5) is 22.0. The lowest BCUT2D eigenvalue weighted by Crippen LogP contribution is -2.06. The van der Waals surface area contributed by atoms with Gasteiger partial charge in [-0.1, -0.05) is 24.8 Å². The predicted octanol–water partition coefficient (Wildman–Crippen LogP) is 3.49. The van der Waals surface area contributed by atoms with Crippen LogP contribution in [-0.4, -0.2) is 17.5 Å². The van der Waals surface area contributed by atoms with Gasteiger partial charge in [0.25, 0.3) is 5.69 Å². The fourth-order valence-electron chi connectivity index (χ4n) is 1.85. The normalized spacial score (nSPS) is 10.7. The average Bonchev–Trinajstić information content (AvgIpc) is 3.06. The Morgan fingerprint density at radius 2 is 2.21 bits per heavy atom. The highest BCUT2D eigenvalue weighted by molar-refractivity contribution is 5.97. The Morgan fingerprint density at radius 1 is 1.42 bits per heavy atom. The maximum atomic E-state index is 11.7. The van der Waals surface area contributed by atoms with Crippen molar-refractivity contribution in [3.8, 4) is 17.4 Å². The topological polar surface area (TPSA) is 106 Å². The van der Waals surface area contributed by atoms with E-state index in [1.807, 2.05) is 0 Å². The van der Waals surface area contributed by atoms with Crippen LogP contribution in [0.4, 0.5) is 5.69 Å². The molecule has 24 heavy (non-hydrogen) atoms. The van der Waals surface area contributed by atoms with E-state index in [4.69, 9.17) is 14.4 Å². The lowest BCUT2D eigenvalue weighted by Gasteiger charge is -1.99. The zero-order valence-electron chi connectivity index (χ0n) is 12.5. The third-order valence-corrected chi connectivity index (χ3v) is 2.93. The standard InChI is InChI=1S/C17H12N2O5/c1-2-8-23-17(20)13(11-18)10-15-6-7-16(24-15)12-4-3-5-14(9-12)19(21)22/h2-7,9-10H,1,8H2/b13-10+. The summed E-state index contributed by atoms with van der Waals surface area (Å²) in [6, 6.07) is 10.8. The number of hydrogen-bond acceptors (Lipinski definition) is 6. The first kappa shape index (κ1) is 16.7. The summed E-state index contributed by atoms with van der Waals surface area (Å²) >= 11 is 0. The molecule has 0 bridgehead atoms. The van der Waals surface area contributed by atoms with Crippen LogP contribution in [0.3, 0.4) is 0 Å². The van der Waals surface area contributed by atoms with Crippen LogP contribution in [0.15, 0.2) is 59.0 Å². The summed E-state index contributed by atoms with van der Waals surface area (Å²) in [6.07, 6.45) is 2.63. The van der Waals surface area contributed by atoms with Gasteiger partial charge in [-0.2, -0.15) is 5.26 Å². The van der Waals surface area contributed by atoms with E-state index in [9.17, 15) is 14.9 Å². The molecule has 0 saturated heterocycles. The Hall–Kier alpha value is -3.66. The Morgan fingerprint density at radius 3 is 2.88 bits per heavy atom. The number of ether oxygens (including phenoxy) is 1. The van der Waals surface area contributed by atoms with Crippen molar-refractivity contribution in [2.45, 2.75) is 0 Å². The second kappa shape index (κ2) is 7.56. The van der Waals surface area contributed by atoms with Gasteiger partial charge in [-0.05, 0) is 12.1 Å². The Bertz CT molecular complexity index is 858. The third-order valence-electron chi connectivity index (χ3n) is 2.93. The largest absolute Gasteiger partial charge is 0.457 e. The number of carbonyl (C=O) groups is 1. The summed E-state index contributed by atoms with van der Waals surface area (Å²) in [5.41, 5.74) is 0.222. The van der Waals surface area contributed by atoms with Gasteiger partial charge in [-0.25, -0.2) is 4.79 Å². The van der Waals surface area contributed by atoms with Gasteiger partial charge < -0.3 is 9.15 Å². The first-order valence-electron chi connectivity index (χ1n) is 6.79. The number of nitrogens with zero attached hydrogens (tertiary/aromatic N) is 2. The van der Waals surface area contributed by atoms with E-state index < -0.39 is 10.9 Å². The van der Waals surface area contributed by atoms with Gasteiger partial charge in [0, 0.05) is 23.8 Å². The van der Waals surface area contributed by atoms with Crippen molar-refractivity contribution >= 4 is 17.7 Å². The fraction of sp³-hybridized carbons (Fsp3) is 0.0588. The number of hydrogen-bond donors (Lipinski definition) is 0. The number of nitro groups is 1. The number of non-ortho nitro benzene ring substituents is 1. The third kappa shape index (κ3) is 3.96. The molecule has 1 heterocycles. The summed E-state index contributed by atoms with van der Waals surface area (Å²) < 4.78 is 10.3. The van der Waals surface area contributed by atoms with Gasteiger partial charge in [-0.3, -0.25) is 10.1 Å². The Balaban J connectivity index is 2.27. The number of carbonyl (C=O) groups excluding carboxylic acids is 1. The quantitative estimate of drug-likeness (QED) is 0.201. The molecule has 1 aromatic carbocycles. The maximum absolute atomic E-state index is 11.7. The minimum Gasteiger partial charge on any atom is -0.457 e. The smallest absolute Gasteiger partial charge is 0.349 e. The van der Waals surface area contributed by atoms with E-state index in [-0.39, 0.29) is 23.6 Å². The number of nitro benzene ring substituents is 1. The van der Waals surface area contributed by atoms with Crippen LogP contribution >= 0.6 is 0 Å². The molecule has 7 nitrogen and oxygen atoms in total. The second-order valence-corrected chi connectivity index (χ2v) is 4.57. The van der Waals surface area contributed by atoms with Crippen molar-refractivity contribution in [3.05, 3.63) is 70.5 Å². The van der Waals surface area contributed by atoms with Crippen LogP contribution in [0.1, 0.15) is 5.76 Å². The molecule has 0 N–H and O–H groups in total. The van der Waals surface area contributed by atoms with Crippen LogP contribution in [0, 0.1) is 21.4 Å². The van der Waals surface area contributed by atoms with Crippen LogP contribution in [-0.2, 0) is 9.53 Å². The molecule has 0 radical (unpaired) electrons. The lowest BCUT2D eigenvalue weighted by atomic mass is 10.1. The summed E-state index contributed by atoms with van der Waals surface area (Å²) in [5.74, 6) is -0.156. The number of rotatable bonds is 6. The van der Waals surface area contributed by atoms with E-state index in [2.05, 4.69) is 6.58 Å². The minimum atomic E-state index is -0.786. The van der Waals surface area contributed by atoms with Crippen molar-refractivity contribution in [1.29, 1.82) is 5.26 Å². The molecule has 0 fully saturated rings. The van der Waals surface area contributed by atoms with Crippen LogP contribution in [0.25, 0.3) is 17.4 Å². The maximum Gasteiger partial charge on any atom is 0.349 e. The van der Waals surface area contributed by atoms with Gasteiger partial charge in [0.1, 0.15) is 29.8 Å². The second-order valence-electron chi connectivity index (χ2n) is 4.57. The number of nitriles is 1. The van der Waals surface area contributed by atoms with Crippen molar-refractivity contribution in [2.75, 3.05) is 6.61 Å². The van der Waals surface area contributed by atoms with Gasteiger partial charge in [0.2, 0.25) is 0 Å². The molecular formula is C17H12N2O5. The number of benzene rings is 1. The van der Waals surface area contributed by atoms with Gasteiger partial charge in [0.05, 0.1) is 4.92 Å². The van der Waals surface area contributed by atoms with E-state index in [0.29, 0.717) is 11.3 Å². The molecule has 2 aromatic rings. The zero-order chi connectivity index (χ0) is 17.5. The monoisotopic (exact) mass is 324 g/mol. The first-order valence-corrected chi connectivity index (χ1v) is 6.79. The molecule has 0 aliphatic rings. The van der Waals surface area contributed by atoms with Gasteiger partial charge in [0.15, 0.2) is 0 Å². The molecule has 0 aliphatic carbocycles. The predicted molar refractivity (Wildman–Crippen MR) is 85.5 cm³/mol. The van der Waals surface area contributed by atoms with E-state index in [1.165, 1.54) is 24.3 Å². The average molecular weight is 324 g/mol. The summed E-state index contributed by atoms with van der Waals surface area (Å²) in [6.45, 7) is 3.41. The lowest BCUT2D eigenvalue weighted by molar-refractivity contribution is -0.384. The van der Waals surface area contributed by atoms with Crippen molar-refractivity contribution in [2.24, 2.45) is 0 Å². The van der Waals surface area contributed by atoms with Gasteiger partial charge >= 0.3 is 5.97 Å². The number of esters is 1. The highest BCUT2D eigenvalue weighted by Gasteiger charge is 2.13. The summed E-state index contributed by atoms with van der Waals surface area (Å²) in [5, 5.41) is 19.8. The van der Waals surface area contributed by atoms with E-state index >= 15 is 0 Å². The Labute approximate surface area is 137 Å².